The summed E-state index contributed by atoms with van der Waals surface area (Å²) in [5, 5.41) is 7.37. The predicted octanol–water partition coefficient (Wildman–Crippen LogP) is 7.12. The number of hydrogen-bond donors (Lipinski definition) is 2. The third-order valence-corrected chi connectivity index (χ3v) is 6.07. The highest BCUT2D eigenvalue weighted by Crippen LogP contribution is 2.31. The van der Waals surface area contributed by atoms with Crippen LogP contribution >= 0.6 is 23.6 Å². The normalized spacial score (nSPS) is 10.4. The average molecular weight is 489 g/mol. The van der Waals surface area contributed by atoms with E-state index in [1.165, 1.54) is 16.9 Å². The van der Waals surface area contributed by atoms with E-state index in [1.54, 1.807) is 6.92 Å². The van der Waals surface area contributed by atoms with E-state index in [2.05, 4.69) is 22.8 Å². The molecular formula is C27H24N2O3S2. The third-order valence-electron chi connectivity index (χ3n) is 4.82. The fraction of sp³-hybridized carbons (Fsp3) is 0.111. The molecule has 0 radical (unpaired) electrons. The summed E-state index contributed by atoms with van der Waals surface area (Å²) in [6.07, 6.45) is 0.725. The smallest absolute Gasteiger partial charge is 0.341 e. The lowest BCUT2D eigenvalue weighted by Gasteiger charge is -2.11. The molecule has 0 aliphatic carbocycles. The number of nitrogens with one attached hydrogen (secondary N) is 2. The molecule has 0 aliphatic heterocycles. The Hall–Kier alpha value is -3.68. The van der Waals surface area contributed by atoms with Crippen molar-refractivity contribution in [3.05, 3.63) is 107 Å². The largest absolute Gasteiger partial charge is 0.462 e. The Morgan fingerprint density at radius 3 is 2.21 bits per heavy atom. The lowest BCUT2D eigenvalue weighted by atomic mass is 10.1. The number of ether oxygens (including phenoxy) is 2. The van der Waals surface area contributed by atoms with Crippen molar-refractivity contribution in [3.8, 4) is 11.5 Å². The van der Waals surface area contributed by atoms with Gasteiger partial charge in [-0.15, -0.1) is 11.3 Å². The number of thiocarbonyl (C=S) groups is 1. The van der Waals surface area contributed by atoms with Crippen LogP contribution in [0, 0.1) is 0 Å². The second-order valence-corrected chi connectivity index (χ2v) is 8.90. The van der Waals surface area contributed by atoms with Crippen LogP contribution in [0.2, 0.25) is 0 Å². The topological polar surface area (TPSA) is 59.6 Å². The maximum atomic E-state index is 12.5. The molecule has 7 heteroatoms. The van der Waals surface area contributed by atoms with Gasteiger partial charge in [-0.25, -0.2) is 4.79 Å². The van der Waals surface area contributed by atoms with Gasteiger partial charge in [0.2, 0.25) is 0 Å². The molecule has 172 valence electrons. The van der Waals surface area contributed by atoms with E-state index in [1.807, 2.05) is 78.9 Å². The van der Waals surface area contributed by atoms with Gasteiger partial charge >= 0.3 is 5.97 Å². The molecule has 4 aromatic rings. The molecule has 0 fully saturated rings. The molecule has 0 amide bonds. The first kappa shape index (κ1) is 23.5. The molecule has 0 bridgehead atoms. The SMILES string of the molecule is CCOC(=O)c1cc(Cc2ccccc2)sc1NC(=S)Nc1ccc(Oc2ccccc2)cc1. The molecular weight excluding hydrogens is 464 g/mol. The number of rotatable bonds is 8. The van der Waals surface area contributed by atoms with Gasteiger partial charge in [-0.05, 0) is 67.2 Å². The summed E-state index contributed by atoms with van der Waals surface area (Å²) in [7, 11) is 0. The Kier molecular flexibility index (Phi) is 7.91. The summed E-state index contributed by atoms with van der Waals surface area (Å²) in [5.74, 6) is 1.13. The molecule has 5 nitrogen and oxygen atoms in total. The molecule has 0 unspecified atom stereocenters. The number of carbonyl (C=O) groups is 1. The summed E-state index contributed by atoms with van der Waals surface area (Å²) in [4.78, 5) is 13.6. The number of esters is 1. The Balaban J connectivity index is 1.43. The van der Waals surface area contributed by atoms with E-state index in [4.69, 9.17) is 21.7 Å². The van der Waals surface area contributed by atoms with Gasteiger partial charge in [-0.3, -0.25) is 0 Å². The van der Waals surface area contributed by atoms with Crippen molar-refractivity contribution in [2.24, 2.45) is 0 Å². The number of para-hydroxylation sites is 1. The number of carbonyl (C=O) groups excluding carboxylic acids is 1. The van der Waals surface area contributed by atoms with Crippen LogP contribution in [0.1, 0.15) is 27.7 Å². The molecule has 2 N–H and O–H groups in total. The Morgan fingerprint density at radius 2 is 1.53 bits per heavy atom. The standard InChI is InChI=1S/C27H24N2O3S2/c1-2-31-26(30)24-18-23(17-19-9-5-3-6-10-19)34-25(24)29-27(33)28-20-13-15-22(16-14-20)32-21-11-7-4-8-12-21/h3-16,18H,2,17H2,1H3,(H2,28,29,33). The fourth-order valence-electron chi connectivity index (χ4n) is 3.28. The van der Waals surface area contributed by atoms with Crippen LogP contribution in [0.25, 0.3) is 0 Å². The van der Waals surface area contributed by atoms with Gasteiger partial charge in [-0.1, -0.05) is 48.5 Å². The summed E-state index contributed by atoms with van der Waals surface area (Å²) in [5.41, 5.74) is 2.45. The molecule has 1 heterocycles. The van der Waals surface area contributed by atoms with Crippen molar-refractivity contribution in [1.29, 1.82) is 0 Å². The summed E-state index contributed by atoms with van der Waals surface area (Å²) in [6.45, 7) is 2.10. The van der Waals surface area contributed by atoms with Crippen molar-refractivity contribution in [1.82, 2.24) is 0 Å². The Labute approximate surface area is 208 Å². The first-order valence-electron chi connectivity index (χ1n) is 10.9. The zero-order valence-electron chi connectivity index (χ0n) is 18.6. The van der Waals surface area contributed by atoms with Crippen LogP contribution in [0.15, 0.2) is 91.0 Å². The van der Waals surface area contributed by atoms with Gasteiger partial charge in [-0.2, -0.15) is 0 Å². The van der Waals surface area contributed by atoms with Crippen LogP contribution in [0.3, 0.4) is 0 Å². The lowest BCUT2D eigenvalue weighted by molar-refractivity contribution is 0.0528. The van der Waals surface area contributed by atoms with Crippen LogP contribution < -0.4 is 15.4 Å². The molecule has 3 aromatic carbocycles. The van der Waals surface area contributed by atoms with Crippen molar-refractivity contribution >= 4 is 45.3 Å². The van der Waals surface area contributed by atoms with Crippen molar-refractivity contribution in [2.75, 3.05) is 17.2 Å². The van der Waals surface area contributed by atoms with Crippen LogP contribution in [0.4, 0.5) is 10.7 Å². The molecule has 0 spiro atoms. The average Bonchev–Trinajstić information content (AvgIpc) is 3.23. The van der Waals surface area contributed by atoms with E-state index in [0.717, 1.165) is 28.5 Å². The van der Waals surface area contributed by atoms with E-state index in [9.17, 15) is 4.79 Å². The predicted molar refractivity (Wildman–Crippen MR) is 142 cm³/mol. The molecule has 0 saturated heterocycles. The van der Waals surface area contributed by atoms with E-state index < -0.39 is 0 Å². The van der Waals surface area contributed by atoms with Crippen molar-refractivity contribution < 1.29 is 14.3 Å². The molecule has 1 aromatic heterocycles. The molecule has 4 rings (SSSR count). The first-order chi connectivity index (χ1) is 16.6. The third kappa shape index (κ3) is 6.43. The second-order valence-electron chi connectivity index (χ2n) is 7.36. The number of thiophene rings is 1. The Morgan fingerprint density at radius 1 is 0.882 bits per heavy atom. The monoisotopic (exact) mass is 488 g/mol. The number of anilines is 2. The quantitative estimate of drug-likeness (QED) is 0.203. The van der Waals surface area contributed by atoms with Crippen LogP contribution in [-0.2, 0) is 11.2 Å². The highest BCUT2D eigenvalue weighted by atomic mass is 32.1. The van der Waals surface area contributed by atoms with E-state index >= 15 is 0 Å². The molecule has 0 atom stereocenters. The van der Waals surface area contributed by atoms with Crippen molar-refractivity contribution in [2.45, 2.75) is 13.3 Å². The Bertz CT molecular complexity index is 1240. The molecule has 0 saturated carbocycles. The second kappa shape index (κ2) is 11.4. The van der Waals surface area contributed by atoms with Crippen LogP contribution in [0.5, 0.6) is 11.5 Å². The summed E-state index contributed by atoms with van der Waals surface area (Å²) >= 11 is 7.00. The highest BCUT2D eigenvalue weighted by Gasteiger charge is 2.18. The molecule has 34 heavy (non-hydrogen) atoms. The highest BCUT2D eigenvalue weighted by molar-refractivity contribution is 7.80. The fourth-order valence-corrected chi connectivity index (χ4v) is 4.64. The zero-order chi connectivity index (χ0) is 23.8. The zero-order valence-corrected chi connectivity index (χ0v) is 20.2. The van der Waals surface area contributed by atoms with Gasteiger partial charge in [0, 0.05) is 17.0 Å². The van der Waals surface area contributed by atoms with Gasteiger partial charge in [0.15, 0.2) is 5.11 Å². The minimum atomic E-state index is -0.370. The first-order valence-corrected chi connectivity index (χ1v) is 12.1. The number of hydrogen-bond acceptors (Lipinski definition) is 5. The maximum Gasteiger partial charge on any atom is 0.341 e. The van der Waals surface area contributed by atoms with Gasteiger partial charge < -0.3 is 20.1 Å². The van der Waals surface area contributed by atoms with Crippen LogP contribution in [-0.4, -0.2) is 17.7 Å². The van der Waals surface area contributed by atoms with E-state index in [-0.39, 0.29) is 5.97 Å². The maximum absolute atomic E-state index is 12.5. The summed E-state index contributed by atoms with van der Waals surface area (Å²) in [6, 6.07) is 29.1. The van der Waals surface area contributed by atoms with E-state index in [0.29, 0.717) is 22.3 Å². The minimum absolute atomic E-state index is 0.308. The minimum Gasteiger partial charge on any atom is -0.462 e. The van der Waals surface area contributed by atoms with Gasteiger partial charge in [0.25, 0.3) is 0 Å². The number of benzene rings is 3. The lowest BCUT2D eigenvalue weighted by Crippen LogP contribution is -2.20. The summed E-state index contributed by atoms with van der Waals surface area (Å²) < 4.78 is 11.1. The van der Waals surface area contributed by atoms with Gasteiger partial charge in [0.05, 0.1) is 12.2 Å². The van der Waals surface area contributed by atoms with Crippen molar-refractivity contribution in [3.63, 3.8) is 0 Å². The molecule has 0 aliphatic rings. The van der Waals surface area contributed by atoms with Gasteiger partial charge in [0.1, 0.15) is 16.5 Å².